The van der Waals surface area contributed by atoms with E-state index in [0.29, 0.717) is 6.61 Å². The minimum Gasteiger partial charge on any atom is -0.457 e. The van der Waals surface area contributed by atoms with E-state index >= 15 is 0 Å². The van der Waals surface area contributed by atoms with Crippen LogP contribution in [-0.4, -0.2) is 44.2 Å². The van der Waals surface area contributed by atoms with E-state index in [-0.39, 0.29) is 0 Å². The summed E-state index contributed by atoms with van der Waals surface area (Å²) in [6, 6.07) is 1.73. The third kappa shape index (κ3) is 6.21. The Kier molecular flexibility index (Phi) is 5.58. The van der Waals surface area contributed by atoms with Crippen molar-refractivity contribution in [1.29, 1.82) is 5.26 Å². The van der Waals surface area contributed by atoms with Gasteiger partial charge in [-0.3, -0.25) is 0 Å². The fourth-order valence-electron chi connectivity index (χ4n) is 0.705. The molecule has 0 radical (unpaired) electrons. The zero-order chi connectivity index (χ0) is 11.0. The normalized spacial score (nSPS) is 11.3. The van der Waals surface area contributed by atoms with Crippen LogP contribution in [0.1, 0.15) is 6.92 Å². The number of ether oxygens (including phenoxy) is 1. The van der Waals surface area contributed by atoms with Crippen molar-refractivity contribution in [3.63, 3.8) is 0 Å². The highest BCUT2D eigenvalue weighted by molar-refractivity contribution is 5.82. The van der Waals surface area contributed by atoms with Gasteiger partial charge < -0.3 is 9.22 Å². The second kappa shape index (κ2) is 6.17. The number of hydrogen-bond donors (Lipinski definition) is 0. The van der Waals surface area contributed by atoms with Gasteiger partial charge in [-0.25, -0.2) is 4.79 Å². The van der Waals surface area contributed by atoms with E-state index in [1.54, 1.807) is 6.07 Å². The molecule has 0 heterocycles. The van der Waals surface area contributed by atoms with Gasteiger partial charge in [0, 0.05) is 12.2 Å². The van der Waals surface area contributed by atoms with Gasteiger partial charge in [0.25, 0.3) is 0 Å². The molecule has 0 unspecified atom stereocenters. The zero-order valence-electron chi connectivity index (χ0n) is 8.99. The Morgan fingerprint density at radius 3 is 2.71 bits per heavy atom. The number of nitriles is 1. The van der Waals surface area contributed by atoms with Crippen molar-refractivity contribution in [3.05, 3.63) is 12.2 Å². The van der Waals surface area contributed by atoms with Crippen molar-refractivity contribution in [2.45, 2.75) is 6.92 Å². The summed E-state index contributed by atoms with van der Waals surface area (Å²) < 4.78 is 5.70. The molecule has 0 amide bonds. The van der Waals surface area contributed by atoms with E-state index in [1.165, 1.54) is 0 Å². The van der Waals surface area contributed by atoms with Crippen LogP contribution in [-0.2, 0) is 9.53 Å². The molecule has 0 aromatic carbocycles. The second-order valence-corrected chi connectivity index (χ2v) is 3.61. The SMILES string of the molecule is CC[N+](C)(C)CCOC(=O)C=CC#N. The molecule has 0 saturated heterocycles. The Morgan fingerprint density at radius 1 is 1.57 bits per heavy atom. The first-order valence-corrected chi connectivity index (χ1v) is 4.57. The van der Waals surface area contributed by atoms with E-state index in [9.17, 15) is 4.79 Å². The molecule has 4 nitrogen and oxygen atoms in total. The maximum Gasteiger partial charge on any atom is 0.331 e. The third-order valence-corrected chi connectivity index (χ3v) is 2.09. The number of hydrogen-bond acceptors (Lipinski definition) is 3. The van der Waals surface area contributed by atoms with E-state index in [2.05, 4.69) is 21.0 Å². The monoisotopic (exact) mass is 197 g/mol. The molecule has 0 fully saturated rings. The molecule has 0 aliphatic carbocycles. The Hall–Kier alpha value is -1.34. The summed E-state index contributed by atoms with van der Waals surface area (Å²) in [7, 11) is 4.14. The lowest BCUT2D eigenvalue weighted by molar-refractivity contribution is -0.888. The highest BCUT2D eigenvalue weighted by Crippen LogP contribution is 1.95. The van der Waals surface area contributed by atoms with Gasteiger partial charge in [-0.2, -0.15) is 5.26 Å². The Morgan fingerprint density at radius 2 is 2.21 bits per heavy atom. The van der Waals surface area contributed by atoms with Crippen LogP contribution in [0.5, 0.6) is 0 Å². The first-order valence-electron chi connectivity index (χ1n) is 4.57. The molecular weight excluding hydrogens is 180 g/mol. The molecule has 0 aliphatic rings. The van der Waals surface area contributed by atoms with Crippen LogP contribution in [0.25, 0.3) is 0 Å². The summed E-state index contributed by atoms with van der Waals surface area (Å²) in [5.74, 6) is -0.456. The van der Waals surface area contributed by atoms with Crippen molar-refractivity contribution in [1.82, 2.24) is 0 Å². The van der Waals surface area contributed by atoms with E-state index in [1.807, 2.05) is 0 Å². The minimum atomic E-state index is -0.456. The van der Waals surface area contributed by atoms with E-state index < -0.39 is 5.97 Å². The quantitative estimate of drug-likeness (QED) is 0.282. The van der Waals surface area contributed by atoms with Gasteiger partial charge in [0.1, 0.15) is 13.2 Å². The van der Waals surface area contributed by atoms with Crippen molar-refractivity contribution in [2.75, 3.05) is 33.8 Å². The maximum absolute atomic E-state index is 10.9. The lowest BCUT2D eigenvalue weighted by atomic mass is 10.4. The number of likely N-dealkylation sites (N-methyl/N-ethyl adjacent to an activating group) is 1. The number of allylic oxidation sites excluding steroid dienone is 1. The molecule has 0 spiro atoms. The van der Waals surface area contributed by atoms with Crippen LogP contribution in [0.3, 0.4) is 0 Å². The Labute approximate surface area is 85.0 Å². The lowest BCUT2D eigenvalue weighted by Gasteiger charge is -2.27. The first-order chi connectivity index (χ1) is 6.52. The molecular formula is C10H17N2O2+. The topological polar surface area (TPSA) is 50.1 Å². The van der Waals surface area contributed by atoms with Gasteiger partial charge in [0.05, 0.1) is 26.7 Å². The number of rotatable bonds is 5. The standard InChI is InChI=1S/C10H17N2O2/c1-4-12(2,3)8-9-14-10(13)6-5-7-11/h5-6H,4,8-9H2,1-3H3/q+1. The highest BCUT2D eigenvalue weighted by Gasteiger charge is 2.11. The highest BCUT2D eigenvalue weighted by atomic mass is 16.5. The van der Waals surface area contributed by atoms with Crippen molar-refractivity contribution >= 4 is 5.97 Å². The average Bonchev–Trinajstić information content (AvgIpc) is 2.14. The molecule has 14 heavy (non-hydrogen) atoms. The zero-order valence-corrected chi connectivity index (χ0v) is 8.99. The van der Waals surface area contributed by atoms with Gasteiger partial charge in [-0.05, 0) is 6.92 Å². The molecule has 0 bridgehead atoms. The molecule has 4 heteroatoms. The lowest BCUT2D eigenvalue weighted by Crippen LogP contribution is -2.42. The smallest absolute Gasteiger partial charge is 0.331 e. The summed E-state index contributed by atoms with van der Waals surface area (Å²) in [5, 5.41) is 8.16. The van der Waals surface area contributed by atoms with Gasteiger partial charge >= 0.3 is 5.97 Å². The fourth-order valence-corrected chi connectivity index (χ4v) is 0.705. The molecule has 0 N–H and O–H groups in total. The number of carbonyl (C=O) groups is 1. The number of quaternary nitrogens is 1. The van der Waals surface area contributed by atoms with E-state index in [0.717, 1.165) is 29.7 Å². The summed E-state index contributed by atoms with van der Waals surface area (Å²) in [5.41, 5.74) is 0. The summed E-state index contributed by atoms with van der Waals surface area (Å²) in [6.07, 6.45) is 2.24. The predicted molar refractivity (Wildman–Crippen MR) is 53.2 cm³/mol. The van der Waals surface area contributed by atoms with Crippen LogP contribution in [0.15, 0.2) is 12.2 Å². The molecule has 0 saturated carbocycles. The Balaban J connectivity index is 3.71. The van der Waals surface area contributed by atoms with Gasteiger partial charge in [0.15, 0.2) is 0 Å². The first kappa shape index (κ1) is 12.7. The van der Waals surface area contributed by atoms with Crippen LogP contribution >= 0.6 is 0 Å². The number of esters is 1. The molecule has 0 aliphatic heterocycles. The summed E-state index contributed by atoms with van der Waals surface area (Å²) in [6.45, 7) is 4.24. The maximum atomic E-state index is 10.9. The number of carbonyl (C=O) groups excluding carboxylic acids is 1. The van der Waals surface area contributed by atoms with Crippen LogP contribution in [0.4, 0.5) is 0 Å². The minimum absolute atomic E-state index is 0.384. The van der Waals surface area contributed by atoms with Crippen LogP contribution in [0, 0.1) is 11.3 Å². The summed E-state index contributed by atoms with van der Waals surface area (Å²) >= 11 is 0. The number of nitrogens with zero attached hydrogens (tertiary/aromatic N) is 2. The Bertz CT molecular complexity index is 251. The van der Waals surface area contributed by atoms with Gasteiger partial charge in [0.2, 0.25) is 0 Å². The molecule has 0 atom stereocenters. The molecule has 78 valence electrons. The largest absolute Gasteiger partial charge is 0.457 e. The third-order valence-electron chi connectivity index (χ3n) is 2.09. The van der Waals surface area contributed by atoms with E-state index in [4.69, 9.17) is 10.00 Å². The summed E-state index contributed by atoms with van der Waals surface area (Å²) in [4.78, 5) is 10.9. The van der Waals surface area contributed by atoms with Crippen molar-refractivity contribution in [3.8, 4) is 6.07 Å². The molecule has 0 rings (SSSR count). The van der Waals surface area contributed by atoms with Crippen LogP contribution < -0.4 is 0 Å². The van der Waals surface area contributed by atoms with Crippen LogP contribution in [0.2, 0.25) is 0 Å². The fraction of sp³-hybridized carbons (Fsp3) is 0.600. The molecule has 0 aromatic heterocycles. The van der Waals surface area contributed by atoms with Gasteiger partial charge in [-0.15, -0.1) is 0 Å². The molecule has 0 aromatic rings. The predicted octanol–water partition coefficient (Wildman–Crippen LogP) is 0.706. The van der Waals surface area contributed by atoms with Crippen molar-refractivity contribution in [2.24, 2.45) is 0 Å². The second-order valence-electron chi connectivity index (χ2n) is 3.61. The van der Waals surface area contributed by atoms with Crippen molar-refractivity contribution < 1.29 is 14.0 Å². The average molecular weight is 197 g/mol. The van der Waals surface area contributed by atoms with Gasteiger partial charge in [-0.1, -0.05) is 0 Å².